The van der Waals surface area contributed by atoms with Gasteiger partial charge in [-0.25, -0.2) is 13.2 Å². The molecule has 26 heavy (non-hydrogen) atoms. The minimum absolute atomic E-state index is 0.104. The Kier molecular flexibility index (Phi) is 6.76. The summed E-state index contributed by atoms with van der Waals surface area (Å²) in [6.45, 7) is 2.35. The molecular formula is C21H27F3O2. The number of hydrogen-bond donors (Lipinski definition) is 0. The molecule has 144 valence electrons. The van der Waals surface area contributed by atoms with E-state index in [-0.39, 0.29) is 12.2 Å². The van der Waals surface area contributed by atoms with Gasteiger partial charge in [0, 0.05) is 11.8 Å². The van der Waals surface area contributed by atoms with Gasteiger partial charge in [-0.3, -0.25) is 0 Å². The topological polar surface area (TPSA) is 18.5 Å². The average Bonchev–Trinajstić information content (AvgIpc) is 2.67. The van der Waals surface area contributed by atoms with E-state index < -0.39 is 23.9 Å². The van der Waals surface area contributed by atoms with E-state index in [1.807, 2.05) is 0 Å². The van der Waals surface area contributed by atoms with Gasteiger partial charge in [0.05, 0.1) is 18.8 Å². The summed E-state index contributed by atoms with van der Waals surface area (Å²) in [6, 6.07) is 2.59. The van der Waals surface area contributed by atoms with E-state index in [4.69, 9.17) is 9.47 Å². The van der Waals surface area contributed by atoms with Crippen LogP contribution < -0.4 is 0 Å². The van der Waals surface area contributed by atoms with Crippen LogP contribution in [0.2, 0.25) is 0 Å². The summed E-state index contributed by atoms with van der Waals surface area (Å²) in [6.07, 6.45) is 8.59. The van der Waals surface area contributed by atoms with Crippen LogP contribution >= 0.6 is 0 Å². The highest BCUT2D eigenvalue weighted by Crippen LogP contribution is 2.39. The van der Waals surface area contributed by atoms with E-state index in [0.29, 0.717) is 30.6 Å². The molecule has 2 nitrogen and oxygen atoms in total. The van der Waals surface area contributed by atoms with Crippen LogP contribution in [0, 0.1) is 23.5 Å². The highest BCUT2D eigenvalue weighted by Gasteiger charge is 2.32. The number of benzene rings is 1. The molecule has 0 spiro atoms. The molecule has 2 fully saturated rings. The van der Waals surface area contributed by atoms with Gasteiger partial charge >= 0.3 is 0 Å². The summed E-state index contributed by atoms with van der Waals surface area (Å²) in [5.74, 6) is -0.818. The summed E-state index contributed by atoms with van der Waals surface area (Å²) in [5, 5.41) is 0. The molecule has 0 N–H and O–H groups in total. The van der Waals surface area contributed by atoms with Gasteiger partial charge < -0.3 is 9.47 Å². The van der Waals surface area contributed by atoms with Gasteiger partial charge in [-0.15, -0.1) is 0 Å². The minimum Gasteiger partial charge on any atom is -0.352 e. The molecule has 3 rings (SSSR count). The smallest absolute Gasteiger partial charge is 0.160 e. The molecule has 0 unspecified atom stereocenters. The highest BCUT2D eigenvalue weighted by molar-refractivity contribution is 5.28. The first-order valence-corrected chi connectivity index (χ1v) is 9.56. The van der Waals surface area contributed by atoms with Gasteiger partial charge in [0.2, 0.25) is 0 Å². The summed E-state index contributed by atoms with van der Waals surface area (Å²) in [5.41, 5.74) is 0.156. The van der Waals surface area contributed by atoms with Crippen LogP contribution in [0.15, 0.2) is 24.3 Å². The average molecular weight is 368 g/mol. The Bertz CT molecular complexity index is 593. The van der Waals surface area contributed by atoms with Gasteiger partial charge in [0.1, 0.15) is 18.3 Å². The summed E-state index contributed by atoms with van der Waals surface area (Å²) >= 11 is 0. The zero-order chi connectivity index (χ0) is 18.5. The zero-order valence-electron chi connectivity index (χ0n) is 15.2. The Morgan fingerprint density at radius 3 is 2.19 bits per heavy atom. The van der Waals surface area contributed by atoms with Crippen LogP contribution in [-0.2, 0) is 16.1 Å². The van der Waals surface area contributed by atoms with Gasteiger partial charge in [-0.2, -0.15) is 0 Å². The lowest BCUT2D eigenvalue weighted by Gasteiger charge is -2.37. The molecule has 1 aromatic carbocycles. The Morgan fingerprint density at radius 2 is 1.65 bits per heavy atom. The molecule has 0 aromatic heterocycles. The maximum atomic E-state index is 13.8. The van der Waals surface area contributed by atoms with Crippen LogP contribution in [0.1, 0.15) is 56.1 Å². The Balaban J connectivity index is 1.53. The standard InChI is InChI=1S/C21H27F3O2/c1-2-3-4-14-12-25-21(26-13-14)16-7-5-15(6-8-16)17-9-19(23)18(11-22)20(24)10-17/h3-4,9-10,14-16,21H,2,5-8,11-13H2,1H3/b4-3+. The second-order valence-electron chi connectivity index (χ2n) is 7.34. The number of allylic oxidation sites excluding steroid dienone is 1. The zero-order valence-corrected chi connectivity index (χ0v) is 15.2. The molecule has 5 heteroatoms. The number of hydrogen-bond acceptors (Lipinski definition) is 2. The second kappa shape index (κ2) is 9.05. The summed E-state index contributed by atoms with van der Waals surface area (Å²) < 4.78 is 52.1. The van der Waals surface area contributed by atoms with Crippen molar-refractivity contribution in [1.82, 2.24) is 0 Å². The van der Waals surface area contributed by atoms with Gasteiger partial charge in [0.25, 0.3) is 0 Å². The lowest BCUT2D eigenvalue weighted by atomic mass is 9.78. The van der Waals surface area contributed by atoms with E-state index in [1.54, 1.807) is 0 Å². The molecule has 1 saturated heterocycles. The molecule has 0 amide bonds. The molecule has 1 aliphatic carbocycles. The molecule has 1 saturated carbocycles. The summed E-state index contributed by atoms with van der Waals surface area (Å²) in [7, 11) is 0. The van der Waals surface area contributed by atoms with Crippen molar-refractivity contribution in [2.75, 3.05) is 13.2 Å². The fraction of sp³-hybridized carbons (Fsp3) is 0.619. The highest BCUT2D eigenvalue weighted by atomic mass is 19.1. The van der Waals surface area contributed by atoms with Crippen molar-refractivity contribution in [1.29, 1.82) is 0 Å². The van der Waals surface area contributed by atoms with Crippen LogP contribution in [0.25, 0.3) is 0 Å². The van der Waals surface area contributed by atoms with Crippen molar-refractivity contribution < 1.29 is 22.6 Å². The van der Waals surface area contributed by atoms with Crippen LogP contribution in [0.4, 0.5) is 13.2 Å². The van der Waals surface area contributed by atoms with Gasteiger partial charge in [-0.1, -0.05) is 19.1 Å². The lowest BCUT2D eigenvalue weighted by Crippen LogP contribution is -2.37. The Labute approximate surface area is 153 Å². The first-order valence-electron chi connectivity index (χ1n) is 9.56. The van der Waals surface area contributed by atoms with Crippen LogP contribution in [0.3, 0.4) is 0 Å². The van der Waals surface area contributed by atoms with Gasteiger partial charge in [0.15, 0.2) is 6.29 Å². The number of alkyl halides is 1. The Hall–Kier alpha value is -1.33. The largest absolute Gasteiger partial charge is 0.352 e. The quantitative estimate of drug-likeness (QED) is 0.624. The fourth-order valence-corrected chi connectivity index (χ4v) is 3.96. The SMILES string of the molecule is CC/C=C/C1COC(C2CCC(c3cc(F)c(CF)c(F)c3)CC2)OC1. The van der Waals surface area contributed by atoms with Crippen molar-refractivity contribution in [3.63, 3.8) is 0 Å². The number of halogens is 3. The predicted molar refractivity (Wildman–Crippen MR) is 94.5 cm³/mol. The lowest BCUT2D eigenvalue weighted by molar-refractivity contribution is -0.222. The number of rotatable bonds is 5. The van der Waals surface area contributed by atoms with Crippen molar-refractivity contribution in [2.45, 2.75) is 57.9 Å². The van der Waals surface area contributed by atoms with E-state index in [2.05, 4.69) is 19.1 Å². The third-order valence-electron chi connectivity index (χ3n) is 5.52. The van der Waals surface area contributed by atoms with Gasteiger partial charge in [-0.05, 0) is 55.7 Å². The molecular weight excluding hydrogens is 341 g/mol. The van der Waals surface area contributed by atoms with Crippen molar-refractivity contribution in [3.8, 4) is 0 Å². The normalized spacial score (nSPS) is 30.0. The van der Waals surface area contributed by atoms with E-state index in [0.717, 1.165) is 32.1 Å². The molecule has 0 radical (unpaired) electrons. The number of ether oxygens (including phenoxy) is 2. The monoisotopic (exact) mass is 368 g/mol. The first kappa shape index (κ1) is 19.4. The molecule has 1 aromatic rings. The minimum atomic E-state index is -1.12. The third kappa shape index (κ3) is 4.49. The van der Waals surface area contributed by atoms with Crippen molar-refractivity contribution in [2.24, 2.45) is 11.8 Å². The maximum absolute atomic E-state index is 13.8. The third-order valence-corrected chi connectivity index (χ3v) is 5.52. The Morgan fingerprint density at radius 1 is 1.04 bits per heavy atom. The summed E-state index contributed by atoms with van der Waals surface area (Å²) in [4.78, 5) is 0. The molecule has 2 aliphatic rings. The van der Waals surface area contributed by atoms with Crippen molar-refractivity contribution in [3.05, 3.63) is 47.0 Å². The van der Waals surface area contributed by atoms with Crippen LogP contribution in [0.5, 0.6) is 0 Å². The fourth-order valence-electron chi connectivity index (χ4n) is 3.96. The maximum Gasteiger partial charge on any atom is 0.160 e. The predicted octanol–water partition coefficient (Wildman–Crippen LogP) is 5.66. The van der Waals surface area contributed by atoms with E-state index >= 15 is 0 Å². The van der Waals surface area contributed by atoms with E-state index in [9.17, 15) is 13.2 Å². The first-order chi connectivity index (χ1) is 12.6. The molecule has 0 bridgehead atoms. The molecule has 0 atom stereocenters. The van der Waals surface area contributed by atoms with E-state index in [1.165, 1.54) is 12.1 Å². The second-order valence-corrected chi connectivity index (χ2v) is 7.34. The molecule has 1 aliphatic heterocycles. The van der Waals surface area contributed by atoms with Crippen molar-refractivity contribution >= 4 is 0 Å². The molecule has 1 heterocycles. The van der Waals surface area contributed by atoms with Crippen LogP contribution in [-0.4, -0.2) is 19.5 Å².